The lowest BCUT2D eigenvalue weighted by Crippen LogP contribution is -1.74. The second kappa shape index (κ2) is 5.97. The zero-order valence-electron chi connectivity index (χ0n) is 4.80. The van der Waals surface area contributed by atoms with Crippen molar-refractivity contribution >= 4 is 6.21 Å². The third-order valence-corrected chi connectivity index (χ3v) is 0.628. The van der Waals surface area contributed by atoms with Crippen molar-refractivity contribution in [1.29, 1.82) is 0 Å². The lowest BCUT2D eigenvalue weighted by atomic mass is 10.4. The number of hydrogen-bond donors (Lipinski definition) is 0. The molecule has 0 unspecified atom stereocenters. The van der Waals surface area contributed by atoms with Crippen LogP contribution in [0.3, 0.4) is 0 Å². The molecule has 0 atom stereocenters. The summed E-state index contributed by atoms with van der Waals surface area (Å²) in [7, 11) is 0. The van der Waals surface area contributed by atoms with Crippen molar-refractivity contribution in [1.82, 2.24) is 0 Å². The topological polar surface area (TPSA) is 12.4 Å². The Morgan fingerprint density at radius 1 is 1.75 bits per heavy atom. The second-order valence-corrected chi connectivity index (χ2v) is 1.28. The summed E-state index contributed by atoms with van der Waals surface area (Å²) < 4.78 is 0. The molecule has 8 heavy (non-hydrogen) atoms. The van der Waals surface area contributed by atoms with Crippen LogP contribution in [0.25, 0.3) is 0 Å². The van der Waals surface area contributed by atoms with Crippen molar-refractivity contribution in [2.45, 2.75) is 6.42 Å². The molecule has 0 aliphatic rings. The van der Waals surface area contributed by atoms with Crippen molar-refractivity contribution in [3.8, 4) is 12.3 Å². The Hall–Kier alpha value is -1.03. The van der Waals surface area contributed by atoms with Crippen molar-refractivity contribution in [2.75, 3.05) is 6.54 Å². The third-order valence-electron chi connectivity index (χ3n) is 0.628. The molecule has 0 saturated carbocycles. The smallest absolute Gasteiger partial charge is 0.0708 e. The summed E-state index contributed by atoms with van der Waals surface area (Å²) in [5.74, 6) is 2.30. The van der Waals surface area contributed by atoms with E-state index in [1.165, 1.54) is 6.21 Å². The molecule has 0 aromatic heterocycles. The predicted molar refractivity (Wildman–Crippen MR) is 37.0 cm³/mol. The van der Waals surface area contributed by atoms with Crippen molar-refractivity contribution in [3.05, 3.63) is 12.7 Å². The first-order valence-electron chi connectivity index (χ1n) is 2.47. The summed E-state index contributed by atoms with van der Waals surface area (Å²) in [5.41, 5.74) is 0. The zero-order valence-corrected chi connectivity index (χ0v) is 4.80. The van der Waals surface area contributed by atoms with Crippen LogP contribution in [0.15, 0.2) is 17.6 Å². The Balaban J connectivity index is 3.06. The monoisotopic (exact) mass is 107 g/mol. The highest BCUT2D eigenvalue weighted by molar-refractivity contribution is 5.77. The minimum absolute atomic E-state index is 0.758. The fraction of sp³-hybridized carbons (Fsp3) is 0.286. The van der Waals surface area contributed by atoms with Gasteiger partial charge < -0.3 is 0 Å². The number of terminal acetylenes is 1. The van der Waals surface area contributed by atoms with Gasteiger partial charge in [-0.15, -0.1) is 13.0 Å². The molecule has 0 N–H and O–H groups in total. The summed E-state index contributed by atoms with van der Waals surface area (Å²) in [5, 5.41) is 0. The van der Waals surface area contributed by atoms with E-state index in [1.807, 2.05) is 6.08 Å². The van der Waals surface area contributed by atoms with E-state index in [0.29, 0.717) is 0 Å². The first-order valence-corrected chi connectivity index (χ1v) is 2.47. The largest absolute Gasteiger partial charge is 0.284 e. The maximum atomic E-state index is 4.89. The molecule has 0 spiro atoms. The van der Waals surface area contributed by atoms with Gasteiger partial charge in [-0.2, -0.15) is 0 Å². The molecule has 0 aliphatic heterocycles. The van der Waals surface area contributed by atoms with Gasteiger partial charge in [0.15, 0.2) is 0 Å². The minimum Gasteiger partial charge on any atom is -0.284 e. The summed E-state index contributed by atoms with van der Waals surface area (Å²) in [6, 6.07) is 0. The molecule has 0 bridgehead atoms. The molecule has 42 valence electrons. The summed E-state index contributed by atoms with van der Waals surface area (Å²) in [4.78, 5) is 3.85. The molecule has 1 nitrogen and oxygen atoms in total. The Labute approximate surface area is 50.1 Å². The summed E-state index contributed by atoms with van der Waals surface area (Å²) in [6.45, 7) is 4.29. The number of aliphatic imine (C=N–C) groups is 1. The first kappa shape index (κ1) is 6.97. The Bertz CT molecular complexity index is 117. The van der Waals surface area contributed by atoms with E-state index in [9.17, 15) is 0 Å². The maximum Gasteiger partial charge on any atom is 0.0708 e. The maximum absolute atomic E-state index is 4.89. The highest BCUT2D eigenvalue weighted by atomic mass is 14.7. The fourth-order valence-corrected chi connectivity index (χ4v) is 0.283. The Morgan fingerprint density at radius 2 is 2.50 bits per heavy atom. The highest BCUT2D eigenvalue weighted by Gasteiger charge is 1.69. The summed E-state index contributed by atoms with van der Waals surface area (Å²) in [6.07, 6.45) is 9.06. The predicted octanol–water partition coefficient (Wildman–Crippen LogP) is 1.27. The van der Waals surface area contributed by atoms with Crippen LogP contribution in [0.4, 0.5) is 0 Å². The van der Waals surface area contributed by atoms with Crippen LogP contribution in [-0.2, 0) is 0 Å². The fourth-order valence-electron chi connectivity index (χ4n) is 0.283. The van der Waals surface area contributed by atoms with Crippen LogP contribution in [-0.4, -0.2) is 12.8 Å². The molecule has 0 radical (unpaired) electrons. The molecule has 0 aromatic rings. The first-order chi connectivity index (χ1) is 3.91. The average Bonchev–Trinajstić information content (AvgIpc) is 1.81. The average molecular weight is 107 g/mol. The molecule has 0 rings (SSSR count). The second-order valence-electron chi connectivity index (χ2n) is 1.28. The number of rotatable bonds is 3. The summed E-state index contributed by atoms with van der Waals surface area (Å²) >= 11 is 0. The SMILES string of the molecule is C#CC=NCCC=C. The molecule has 0 fully saturated rings. The molecule has 0 amide bonds. The van der Waals surface area contributed by atoms with E-state index in [4.69, 9.17) is 6.42 Å². The van der Waals surface area contributed by atoms with E-state index in [0.717, 1.165) is 13.0 Å². The van der Waals surface area contributed by atoms with Crippen LogP contribution in [0.1, 0.15) is 6.42 Å². The van der Waals surface area contributed by atoms with Gasteiger partial charge >= 0.3 is 0 Å². The standard InChI is InChI=1S/C7H9N/c1-3-5-7-8-6-4-2/h2-3,6H,1,5,7H2. The minimum atomic E-state index is 0.758. The van der Waals surface area contributed by atoms with Crippen molar-refractivity contribution < 1.29 is 0 Å². The normalized spacial score (nSPS) is 8.88. The van der Waals surface area contributed by atoms with E-state index in [-0.39, 0.29) is 0 Å². The molecule has 0 heterocycles. The van der Waals surface area contributed by atoms with Gasteiger partial charge in [-0.25, -0.2) is 0 Å². The number of nitrogens with zero attached hydrogens (tertiary/aromatic N) is 1. The Morgan fingerprint density at radius 3 is 3.00 bits per heavy atom. The van der Waals surface area contributed by atoms with E-state index < -0.39 is 0 Å². The molecule has 0 aliphatic carbocycles. The van der Waals surface area contributed by atoms with E-state index in [1.54, 1.807) is 0 Å². The van der Waals surface area contributed by atoms with Crippen LogP contribution < -0.4 is 0 Å². The van der Waals surface area contributed by atoms with Crippen molar-refractivity contribution in [3.63, 3.8) is 0 Å². The Kier molecular flexibility index (Phi) is 5.20. The van der Waals surface area contributed by atoms with Crippen LogP contribution in [0, 0.1) is 12.3 Å². The lowest BCUT2D eigenvalue weighted by Gasteiger charge is -1.80. The van der Waals surface area contributed by atoms with Gasteiger partial charge in [0.2, 0.25) is 0 Å². The molecule has 0 aromatic carbocycles. The highest BCUT2D eigenvalue weighted by Crippen LogP contribution is 1.77. The van der Waals surface area contributed by atoms with Gasteiger partial charge in [0.25, 0.3) is 0 Å². The van der Waals surface area contributed by atoms with Gasteiger partial charge in [-0.3, -0.25) is 4.99 Å². The van der Waals surface area contributed by atoms with Crippen LogP contribution in [0.5, 0.6) is 0 Å². The van der Waals surface area contributed by atoms with Gasteiger partial charge in [-0.1, -0.05) is 12.0 Å². The van der Waals surface area contributed by atoms with Crippen LogP contribution >= 0.6 is 0 Å². The molecular formula is C7H9N. The molecule has 1 heteroatoms. The lowest BCUT2D eigenvalue weighted by molar-refractivity contribution is 1.02. The van der Waals surface area contributed by atoms with E-state index in [2.05, 4.69) is 17.5 Å². The molecule has 0 saturated heterocycles. The van der Waals surface area contributed by atoms with Gasteiger partial charge in [0.1, 0.15) is 0 Å². The quantitative estimate of drug-likeness (QED) is 0.223. The van der Waals surface area contributed by atoms with Crippen LogP contribution in [0.2, 0.25) is 0 Å². The zero-order chi connectivity index (χ0) is 6.24. The third kappa shape index (κ3) is 4.97. The van der Waals surface area contributed by atoms with Gasteiger partial charge in [0.05, 0.1) is 6.21 Å². The number of hydrogen-bond acceptors (Lipinski definition) is 1. The van der Waals surface area contributed by atoms with Gasteiger partial charge in [-0.05, 0) is 6.42 Å². The van der Waals surface area contributed by atoms with E-state index >= 15 is 0 Å². The molecular weight excluding hydrogens is 98.1 g/mol. The van der Waals surface area contributed by atoms with Crippen molar-refractivity contribution in [2.24, 2.45) is 4.99 Å². The van der Waals surface area contributed by atoms with Gasteiger partial charge in [0, 0.05) is 6.54 Å².